The fourth-order valence-corrected chi connectivity index (χ4v) is 2.63. The molecule has 1 aromatic heterocycles. The second-order valence-corrected chi connectivity index (χ2v) is 5.37. The molecule has 112 valence electrons. The fraction of sp³-hybridized carbons (Fsp3) is 0.533. The number of carbonyl (C=O) groups is 1. The van der Waals surface area contributed by atoms with Crippen molar-refractivity contribution in [2.75, 3.05) is 37.6 Å². The number of hydrogen-bond acceptors (Lipinski definition) is 5. The third-order valence-electron chi connectivity index (χ3n) is 3.68. The Labute approximate surface area is 125 Å². The molecule has 1 aliphatic heterocycles. The zero-order valence-electron chi connectivity index (χ0n) is 12.4. The Morgan fingerprint density at radius 3 is 2.71 bits per heavy atom. The topological polar surface area (TPSA) is 86.2 Å². The standard InChI is InChI=1S/C15H21N5O/c1-12-9-13(3-2-4-16)10-18-15(12)20-7-5-19(6-8-20)11-14(17)21/h9-10H,2-3,5-8,11H2,1H3,(H2,17,21). The van der Waals surface area contributed by atoms with Crippen LogP contribution in [0, 0.1) is 18.3 Å². The van der Waals surface area contributed by atoms with Gasteiger partial charge >= 0.3 is 0 Å². The number of piperazine rings is 1. The molecule has 1 aromatic rings. The van der Waals surface area contributed by atoms with E-state index < -0.39 is 0 Å². The number of rotatable bonds is 5. The molecule has 6 heteroatoms. The SMILES string of the molecule is Cc1cc(CCC#N)cnc1N1CCN(CC(N)=O)CC1. The van der Waals surface area contributed by atoms with Crippen molar-refractivity contribution in [1.29, 1.82) is 5.26 Å². The Bertz CT molecular complexity index is 543. The van der Waals surface area contributed by atoms with Crippen LogP contribution in [0.15, 0.2) is 12.3 Å². The number of nitrogens with zero attached hydrogens (tertiary/aromatic N) is 4. The summed E-state index contributed by atoms with van der Waals surface area (Å²) in [5, 5.41) is 8.63. The zero-order chi connectivity index (χ0) is 15.2. The number of pyridine rings is 1. The summed E-state index contributed by atoms with van der Waals surface area (Å²) in [6.07, 6.45) is 3.12. The van der Waals surface area contributed by atoms with E-state index in [1.54, 1.807) is 0 Å². The van der Waals surface area contributed by atoms with Crippen molar-refractivity contribution in [2.24, 2.45) is 5.73 Å². The largest absolute Gasteiger partial charge is 0.369 e. The molecule has 1 aliphatic rings. The summed E-state index contributed by atoms with van der Waals surface area (Å²) in [7, 11) is 0. The average Bonchev–Trinajstić information content (AvgIpc) is 2.46. The Morgan fingerprint density at radius 2 is 2.14 bits per heavy atom. The molecule has 0 aliphatic carbocycles. The van der Waals surface area contributed by atoms with Gasteiger partial charge in [0.15, 0.2) is 0 Å². The monoisotopic (exact) mass is 287 g/mol. The molecule has 1 amide bonds. The number of aromatic nitrogens is 1. The number of amides is 1. The van der Waals surface area contributed by atoms with Gasteiger partial charge in [0, 0.05) is 38.8 Å². The van der Waals surface area contributed by atoms with E-state index in [1.165, 1.54) is 0 Å². The van der Waals surface area contributed by atoms with E-state index in [-0.39, 0.29) is 5.91 Å². The van der Waals surface area contributed by atoms with E-state index in [0.29, 0.717) is 13.0 Å². The normalized spacial score (nSPS) is 15.7. The van der Waals surface area contributed by atoms with Gasteiger partial charge in [-0.3, -0.25) is 9.69 Å². The average molecular weight is 287 g/mol. The third kappa shape index (κ3) is 4.17. The van der Waals surface area contributed by atoms with Gasteiger partial charge in [-0.2, -0.15) is 5.26 Å². The molecule has 0 bridgehead atoms. The number of nitrogens with two attached hydrogens (primary N) is 1. The lowest BCUT2D eigenvalue weighted by atomic mass is 10.1. The van der Waals surface area contributed by atoms with Gasteiger partial charge in [-0.25, -0.2) is 4.98 Å². The van der Waals surface area contributed by atoms with Gasteiger partial charge in [0.05, 0.1) is 12.6 Å². The van der Waals surface area contributed by atoms with Crippen molar-refractivity contribution in [3.63, 3.8) is 0 Å². The zero-order valence-corrected chi connectivity index (χ0v) is 12.4. The highest BCUT2D eigenvalue weighted by Crippen LogP contribution is 2.20. The molecule has 2 N–H and O–H groups in total. The van der Waals surface area contributed by atoms with Crippen LogP contribution in [-0.2, 0) is 11.2 Å². The first-order valence-electron chi connectivity index (χ1n) is 7.18. The Kier molecular flexibility index (Phi) is 5.12. The Hall–Kier alpha value is -2.13. The van der Waals surface area contributed by atoms with Crippen LogP contribution in [0.1, 0.15) is 17.5 Å². The summed E-state index contributed by atoms with van der Waals surface area (Å²) < 4.78 is 0. The molecule has 21 heavy (non-hydrogen) atoms. The van der Waals surface area contributed by atoms with E-state index in [9.17, 15) is 4.79 Å². The first kappa shape index (κ1) is 15.3. The van der Waals surface area contributed by atoms with Crippen molar-refractivity contribution in [1.82, 2.24) is 9.88 Å². The van der Waals surface area contributed by atoms with Crippen LogP contribution in [0.2, 0.25) is 0 Å². The van der Waals surface area contributed by atoms with Crippen molar-refractivity contribution in [2.45, 2.75) is 19.8 Å². The smallest absolute Gasteiger partial charge is 0.231 e. The second kappa shape index (κ2) is 7.04. The summed E-state index contributed by atoms with van der Waals surface area (Å²) in [6.45, 7) is 5.71. The molecule has 0 unspecified atom stereocenters. The maximum atomic E-state index is 10.9. The summed E-state index contributed by atoms with van der Waals surface area (Å²) >= 11 is 0. The molecule has 2 rings (SSSR count). The predicted octanol–water partition coefficient (Wildman–Crippen LogP) is 0.453. The highest BCUT2D eigenvalue weighted by Gasteiger charge is 2.20. The van der Waals surface area contributed by atoms with Crippen molar-refractivity contribution < 1.29 is 4.79 Å². The number of primary amides is 1. The van der Waals surface area contributed by atoms with Gasteiger partial charge in [-0.15, -0.1) is 0 Å². The van der Waals surface area contributed by atoms with Crippen molar-refractivity contribution >= 4 is 11.7 Å². The molecule has 2 heterocycles. The van der Waals surface area contributed by atoms with Gasteiger partial charge in [-0.05, 0) is 24.5 Å². The molecule has 0 aromatic carbocycles. The van der Waals surface area contributed by atoms with Crippen LogP contribution in [0.5, 0.6) is 0 Å². The van der Waals surface area contributed by atoms with Crippen LogP contribution in [0.4, 0.5) is 5.82 Å². The van der Waals surface area contributed by atoms with Gasteiger partial charge in [0.25, 0.3) is 0 Å². The van der Waals surface area contributed by atoms with E-state index in [4.69, 9.17) is 11.0 Å². The summed E-state index contributed by atoms with van der Waals surface area (Å²) in [4.78, 5) is 19.8. The molecule has 6 nitrogen and oxygen atoms in total. The number of anilines is 1. The molecule has 0 spiro atoms. The second-order valence-electron chi connectivity index (χ2n) is 5.37. The lowest BCUT2D eigenvalue weighted by molar-refractivity contribution is -0.119. The summed E-state index contributed by atoms with van der Waals surface area (Å²) in [5.74, 6) is 0.717. The van der Waals surface area contributed by atoms with Gasteiger partial charge in [0.2, 0.25) is 5.91 Å². The first-order valence-corrected chi connectivity index (χ1v) is 7.18. The minimum atomic E-state index is -0.278. The number of aryl methyl sites for hydroxylation is 2. The third-order valence-corrected chi connectivity index (χ3v) is 3.68. The molecular formula is C15H21N5O. The molecular weight excluding hydrogens is 266 g/mol. The predicted molar refractivity (Wildman–Crippen MR) is 80.8 cm³/mol. The van der Waals surface area contributed by atoms with E-state index >= 15 is 0 Å². The highest BCUT2D eigenvalue weighted by molar-refractivity contribution is 5.75. The van der Waals surface area contributed by atoms with Crippen LogP contribution in [0.25, 0.3) is 0 Å². The van der Waals surface area contributed by atoms with Crippen LogP contribution >= 0.6 is 0 Å². The number of carbonyl (C=O) groups excluding carboxylic acids is 1. The summed E-state index contributed by atoms with van der Waals surface area (Å²) in [6, 6.07) is 4.26. The molecule has 0 atom stereocenters. The minimum Gasteiger partial charge on any atom is -0.369 e. The van der Waals surface area contributed by atoms with Gasteiger partial charge in [0.1, 0.15) is 5.82 Å². The molecule has 1 saturated heterocycles. The Morgan fingerprint density at radius 1 is 1.43 bits per heavy atom. The van der Waals surface area contributed by atoms with Crippen LogP contribution in [-0.4, -0.2) is 48.5 Å². The number of nitriles is 1. The Balaban J connectivity index is 1.97. The van der Waals surface area contributed by atoms with E-state index in [2.05, 4.69) is 26.9 Å². The minimum absolute atomic E-state index is 0.278. The number of hydrogen-bond donors (Lipinski definition) is 1. The lowest BCUT2D eigenvalue weighted by Crippen LogP contribution is -2.49. The lowest BCUT2D eigenvalue weighted by Gasteiger charge is -2.35. The first-order chi connectivity index (χ1) is 10.1. The molecule has 1 fully saturated rings. The quantitative estimate of drug-likeness (QED) is 0.850. The highest BCUT2D eigenvalue weighted by atomic mass is 16.1. The maximum Gasteiger partial charge on any atom is 0.231 e. The maximum absolute atomic E-state index is 10.9. The molecule has 0 radical (unpaired) electrons. The van der Waals surface area contributed by atoms with Gasteiger partial charge in [-0.1, -0.05) is 6.07 Å². The van der Waals surface area contributed by atoms with Crippen LogP contribution < -0.4 is 10.6 Å². The van der Waals surface area contributed by atoms with Crippen molar-refractivity contribution in [3.05, 3.63) is 23.4 Å². The fourth-order valence-electron chi connectivity index (χ4n) is 2.63. The van der Waals surface area contributed by atoms with Crippen LogP contribution in [0.3, 0.4) is 0 Å². The molecule has 0 saturated carbocycles. The van der Waals surface area contributed by atoms with E-state index in [1.807, 2.05) is 13.1 Å². The van der Waals surface area contributed by atoms with E-state index in [0.717, 1.165) is 49.5 Å². The van der Waals surface area contributed by atoms with Gasteiger partial charge < -0.3 is 10.6 Å². The summed E-state index contributed by atoms with van der Waals surface area (Å²) in [5.41, 5.74) is 7.46. The van der Waals surface area contributed by atoms with Crippen molar-refractivity contribution in [3.8, 4) is 6.07 Å².